The molecule has 0 unspecified atom stereocenters. The zero-order valence-electron chi connectivity index (χ0n) is 15.2. The number of rotatable bonds is 5. The quantitative estimate of drug-likeness (QED) is 0.834. The van der Waals surface area contributed by atoms with E-state index in [1.165, 1.54) is 0 Å². The molecule has 0 aliphatic carbocycles. The summed E-state index contributed by atoms with van der Waals surface area (Å²) in [7, 11) is 1.86. The van der Waals surface area contributed by atoms with Gasteiger partial charge in [0.1, 0.15) is 5.82 Å². The number of hydrogen-bond acceptors (Lipinski definition) is 5. The third-order valence-corrected chi connectivity index (χ3v) is 5.16. The van der Waals surface area contributed by atoms with Crippen LogP contribution in [0.25, 0.3) is 0 Å². The van der Waals surface area contributed by atoms with Crippen molar-refractivity contribution < 1.29 is 9.32 Å². The molecule has 6 nitrogen and oxygen atoms in total. The second kappa shape index (κ2) is 7.68. The summed E-state index contributed by atoms with van der Waals surface area (Å²) in [4.78, 5) is 21.2. The largest absolute Gasteiger partial charge is 0.356 e. The highest BCUT2D eigenvalue weighted by atomic mass is 16.5. The van der Waals surface area contributed by atoms with Crippen LogP contribution in [0, 0.1) is 0 Å². The Labute approximate surface area is 148 Å². The van der Waals surface area contributed by atoms with Crippen molar-refractivity contribution in [2.24, 2.45) is 0 Å². The molecule has 25 heavy (non-hydrogen) atoms. The van der Waals surface area contributed by atoms with Crippen molar-refractivity contribution in [3.63, 3.8) is 0 Å². The first kappa shape index (κ1) is 17.5. The fourth-order valence-electron chi connectivity index (χ4n) is 3.19. The van der Waals surface area contributed by atoms with Gasteiger partial charge >= 0.3 is 0 Å². The molecular formula is C19H26N4O2. The lowest BCUT2D eigenvalue weighted by Crippen LogP contribution is -2.45. The zero-order valence-corrected chi connectivity index (χ0v) is 15.2. The molecule has 1 fully saturated rings. The summed E-state index contributed by atoms with van der Waals surface area (Å²) in [6.07, 6.45) is 4.63. The van der Waals surface area contributed by atoms with Gasteiger partial charge in [-0.15, -0.1) is 0 Å². The van der Waals surface area contributed by atoms with E-state index in [1.807, 2.05) is 31.4 Å². The molecule has 1 aliphatic rings. The summed E-state index contributed by atoms with van der Waals surface area (Å²) in [6, 6.07) is 7.96. The topological polar surface area (TPSA) is 62.5 Å². The molecule has 1 amide bonds. The third kappa shape index (κ3) is 3.83. The third-order valence-electron chi connectivity index (χ3n) is 5.16. The molecule has 134 valence electrons. The van der Waals surface area contributed by atoms with Gasteiger partial charge in [-0.05, 0) is 31.4 Å². The number of carbonyl (C=O) groups is 1. The molecule has 0 spiro atoms. The number of nitrogens with zero attached hydrogens (tertiary/aromatic N) is 4. The van der Waals surface area contributed by atoms with Crippen LogP contribution in [-0.4, -0.2) is 47.1 Å². The number of anilines is 1. The van der Waals surface area contributed by atoms with Crippen molar-refractivity contribution in [2.45, 2.75) is 45.1 Å². The van der Waals surface area contributed by atoms with E-state index in [4.69, 9.17) is 4.52 Å². The van der Waals surface area contributed by atoms with E-state index in [1.54, 1.807) is 11.0 Å². The Balaban J connectivity index is 1.59. The summed E-state index contributed by atoms with van der Waals surface area (Å²) in [5.74, 6) is 1.56. The van der Waals surface area contributed by atoms with Crippen LogP contribution in [0.3, 0.4) is 0 Å². The zero-order chi connectivity index (χ0) is 17.8. The van der Waals surface area contributed by atoms with Crippen molar-refractivity contribution in [1.82, 2.24) is 15.0 Å². The van der Waals surface area contributed by atoms with Crippen LogP contribution >= 0.6 is 0 Å². The molecule has 0 aromatic carbocycles. The van der Waals surface area contributed by atoms with Crippen LogP contribution in [0.5, 0.6) is 0 Å². The van der Waals surface area contributed by atoms with Gasteiger partial charge in [-0.2, -0.15) is 0 Å². The molecule has 3 rings (SSSR count). The van der Waals surface area contributed by atoms with Crippen LogP contribution in [-0.2, 0) is 0 Å². The van der Waals surface area contributed by atoms with E-state index in [9.17, 15) is 4.79 Å². The van der Waals surface area contributed by atoms with Crippen LogP contribution in [0.2, 0.25) is 0 Å². The van der Waals surface area contributed by atoms with Crippen molar-refractivity contribution in [1.29, 1.82) is 0 Å². The Hall–Kier alpha value is -2.37. The molecular weight excluding hydrogens is 316 g/mol. The predicted molar refractivity (Wildman–Crippen MR) is 96.8 cm³/mol. The smallest absolute Gasteiger partial charge is 0.292 e. The van der Waals surface area contributed by atoms with E-state index in [2.05, 4.69) is 28.9 Å². The minimum absolute atomic E-state index is 0.0849. The summed E-state index contributed by atoms with van der Waals surface area (Å²) in [5.41, 5.74) is 0.851. The molecule has 3 heterocycles. The van der Waals surface area contributed by atoms with Crippen LogP contribution in [0.1, 0.15) is 55.3 Å². The molecule has 6 heteroatoms. The molecule has 1 aliphatic heterocycles. The van der Waals surface area contributed by atoms with Crippen LogP contribution in [0.4, 0.5) is 5.82 Å². The molecule has 0 N–H and O–H groups in total. The monoisotopic (exact) mass is 342 g/mol. The van der Waals surface area contributed by atoms with Crippen molar-refractivity contribution in [3.8, 4) is 0 Å². The maximum atomic E-state index is 12.7. The van der Waals surface area contributed by atoms with E-state index in [0.717, 1.165) is 43.9 Å². The number of piperidine rings is 1. The van der Waals surface area contributed by atoms with Gasteiger partial charge in [0.2, 0.25) is 5.76 Å². The van der Waals surface area contributed by atoms with E-state index in [-0.39, 0.29) is 11.9 Å². The Morgan fingerprint density at radius 2 is 2.16 bits per heavy atom. The minimum Gasteiger partial charge on any atom is -0.356 e. The number of aromatic nitrogens is 2. The van der Waals surface area contributed by atoms with Gasteiger partial charge in [0.25, 0.3) is 5.91 Å². The summed E-state index contributed by atoms with van der Waals surface area (Å²) >= 11 is 0. The van der Waals surface area contributed by atoms with Gasteiger partial charge in [-0.1, -0.05) is 25.1 Å². The molecule has 0 radical (unpaired) electrons. The molecule has 1 saturated heterocycles. The highest BCUT2D eigenvalue weighted by Gasteiger charge is 2.28. The van der Waals surface area contributed by atoms with Crippen molar-refractivity contribution in [3.05, 3.63) is 41.9 Å². The lowest BCUT2D eigenvalue weighted by atomic mass is 10.0. The second-order valence-electron chi connectivity index (χ2n) is 6.75. The first-order valence-corrected chi connectivity index (χ1v) is 9.00. The molecule has 2 aromatic heterocycles. The number of amides is 1. The van der Waals surface area contributed by atoms with Gasteiger partial charge in [0.15, 0.2) is 0 Å². The van der Waals surface area contributed by atoms with Gasteiger partial charge in [0, 0.05) is 44.4 Å². The molecule has 0 saturated carbocycles. The minimum atomic E-state index is -0.0849. The number of pyridine rings is 1. The standard InChI is InChI=1S/C19H26N4O2/c1-4-14(2)16-13-17(25-21-16)19(24)22(3)15-8-11-23(12-9-15)18-7-5-6-10-20-18/h5-7,10,13-15H,4,8-9,11-12H2,1-3H3/t14-/m1/s1. The summed E-state index contributed by atoms with van der Waals surface area (Å²) in [6.45, 7) is 5.98. The van der Waals surface area contributed by atoms with Crippen LogP contribution in [0.15, 0.2) is 35.0 Å². The molecule has 2 aromatic rings. The van der Waals surface area contributed by atoms with E-state index in [0.29, 0.717) is 11.7 Å². The summed E-state index contributed by atoms with van der Waals surface area (Å²) < 4.78 is 5.29. The molecule has 0 bridgehead atoms. The van der Waals surface area contributed by atoms with Gasteiger partial charge in [0.05, 0.1) is 5.69 Å². The Morgan fingerprint density at radius 3 is 2.80 bits per heavy atom. The SMILES string of the molecule is CC[C@@H](C)c1cc(C(=O)N(C)C2CCN(c3ccccn3)CC2)on1. The van der Waals surface area contributed by atoms with Crippen molar-refractivity contribution in [2.75, 3.05) is 25.0 Å². The highest BCUT2D eigenvalue weighted by molar-refractivity contribution is 5.91. The first-order chi connectivity index (χ1) is 12.1. The molecule has 1 atom stereocenters. The first-order valence-electron chi connectivity index (χ1n) is 9.00. The Kier molecular flexibility index (Phi) is 5.36. The second-order valence-corrected chi connectivity index (χ2v) is 6.75. The highest BCUT2D eigenvalue weighted by Crippen LogP contribution is 2.23. The van der Waals surface area contributed by atoms with Crippen molar-refractivity contribution >= 4 is 11.7 Å². The number of carbonyl (C=O) groups excluding carboxylic acids is 1. The van der Waals surface area contributed by atoms with E-state index < -0.39 is 0 Å². The van der Waals surface area contributed by atoms with Gasteiger partial charge < -0.3 is 14.3 Å². The Bertz CT molecular complexity index is 692. The maximum Gasteiger partial charge on any atom is 0.292 e. The average molecular weight is 342 g/mol. The lowest BCUT2D eigenvalue weighted by molar-refractivity contribution is 0.0667. The fraction of sp³-hybridized carbons (Fsp3) is 0.526. The normalized spacial score (nSPS) is 16.7. The predicted octanol–water partition coefficient (Wildman–Crippen LogP) is 3.32. The Morgan fingerprint density at radius 1 is 1.40 bits per heavy atom. The summed E-state index contributed by atoms with van der Waals surface area (Å²) in [5, 5.41) is 4.05. The number of hydrogen-bond donors (Lipinski definition) is 0. The van der Waals surface area contributed by atoms with E-state index >= 15 is 0 Å². The lowest BCUT2D eigenvalue weighted by Gasteiger charge is -2.36. The van der Waals surface area contributed by atoms with Gasteiger partial charge in [-0.25, -0.2) is 4.98 Å². The van der Waals surface area contributed by atoms with Gasteiger partial charge in [-0.3, -0.25) is 4.79 Å². The fourth-order valence-corrected chi connectivity index (χ4v) is 3.19. The average Bonchev–Trinajstić information content (AvgIpc) is 3.17. The maximum absolute atomic E-state index is 12.7. The van der Waals surface area contributed by atoms with Crippen LogP contribution < -0.4 is 4.90 Å².